The lowest BCUT2D eigenvalue weighted by atomic mass is 10.1. The number of phenolic OH excluding ortho intramolecular Hbond substituents is 1. The number of ether oxygens (including phenoxy) is 1. The van der Waals surface area contributed by atoms with E-state index >= 15 is 0 Å². The van der Waals surface area contributed by atoms with E-state index in [0.717, 1.165) is 11.3 Å². The number of para-hydroxylation sites is 1. The Kier molecular flexibility index (Phi) is 4.66. The van der Waals surface area contributed by atoms with E-state index in [1.54, 1.807) is 24.3 Å². The molecule has 1 atom stereocenters. The zero-order chi connectivity index (χ0) is 15.2. The van der Waals surface area contributed by atoms with Gasteiger partial charge in [0.2, 0.25) is 0 Å². The second-order valence-electron chi connectivity index (χ2n) is 4.62. The van der Waals surface area contributed by atoms with Gasteiger partial charge in [-0.25, -0.2) is 4.79 Å². The van der Waals surface area contributed by atoms with Crippen LogP contribution in [0.5, 0.6) is 5.75 Å². The molecule has 2 rings (SSSR count). The molecule has 0 saturated carbocycles. The zero-order valence-electron chi connectivity index (χ0n) is 12.0. The summed E-state index contributed by atoms with van der Waals surface area (Å²) in [6.07, 6.45) is -0.513. The summed E-state index contributed by atoms with van der Waals surface area (Å²) >= 11 is 0. The molecule has 0 saturated heterocycles. The second kappa shape index (κ2) is 6.65. The quantitative estimate of drug-likeness (QED) is 0.800. The summed E-state index contributed by atoms with van der Waals surface area (Å²) in [5.41, 5.74) is 2.28. The number of rotatable bonds is 4. The van der Waals surface area contributed by atoms with Crippen LogP contribution in [0.15, 0.2) is 48.5 Å². The summed E-state index contributed by atoms with van der Waals surface area (Å²) in [5.74, 6) is 0.251. The van der Waals surface area contributed by atoms with E-state index in [0.29, 0.717) is 5.69 Å². The van der Waals surface area contributed by atoms with Crippen LogP contribution in [-0.2, 0) is 4.74 Å². The molecule has 0 aliphatic carbocycles. The Hall–Kier alpha value is -2.69. The molecule has 0 aliphatic rings. The van der Waals surface area contributed by atoms with E-state index in [4.69, 9.17) is 0 Å². The largest absolute Gasteiger partial charge is 0.508 e. The summed E-state index contributed by atoms with van der Waals surface area (Å²) in [4.78, 5) is 11.2. The zero-order valence-corrected chi connectivity index (χ0v) is 12.0. The van der Waals surface area contributed by atoms with Crippen molar-refractivity contribution in [3.05, 3.63) is 54.1 Å². The molecular formula is C16H18N2O3. The van der Waals surface area contributed by atoms with Crippen LogP contribution in [0.2, 0.25) is 0 Å². The lowest BCUT2D eigenvalue weighted by molar-refractivity contribution is 0.187. The third kappa shape index (κ3) is 3.89. The maximum atomic E-state index is 11.2. The number of methoxy groups -OCH3 is 1. The van der Waals surface area contributed by atoms with Gasteiger partial charge in [-0.05, 0) is 31.2 Å². The number of anilines is 2. The van der Waals surface area contributed by atoms with Crippen LogP contribution in [0.1, 0.15) is 18.5 Å². The fourth-order valence-electron chi connectivity index (χ4n) is 2.04. The van der Waals surface area contributed by atoms with E-state index in [1.165, 1.54) is 7.11 Å². The van der Waals surface area contributed by atoms with Gasteiger partial charge in [-0.3, -0.25) is 5.32 Å². The molecule has 5 nitrogen and oxygen atoms in total. The number of nitrogens with one attached hydrogen (secondary N) is 2. The summed E-state index contributed by atoms with van der Waals surface area (Å²) in [7, 11) is 1.32. The Bertz CT molecular complexity index is 628. The highest BCUT2D eigenvalue weighted by Crippen LogP contribution is 2.27. The van der Waals surface area contributed by atoms with Crippen LogP contribution in [-0.4, -0.2) is 18.3 Å². The molecule has 21 heavy (non-hydrogen) atoms. The van der Waals surface area contributed by atoms with Gasteiger partial charge >= 0.3 is 6.09 Å². The van der Waals surface area contributed by atoms with Crippen LogP contribution in [0.25, 0.3) is 0 Å². The predicted molar refractivity (Wildman–Crippen MR) is 82.6 cm³/mol. The number of carbonyl (C=O) groups excluding carboxylic acids is 1. The Balaban J connectivity index is 2.11. The van der Waals surface area contributed by atoms with Crippen LogP contribution in [0.3, 0.4) is 0 Å². The normalized spacial score (nSPS) is 11.5. The minimum Gasteiger partial charge on any atom is -0.508 e. The Morgan fingerprint density at radius 1 is 1.14 bits per heavy atom. The molecule has 1 unspecified atom stereocenters. The SMILES string of the molecule is COC(=O)Nc1cccc(NC(C)c2ccccc2O)c1. The first-order valence-electron chi connectivity index (χ1n) is 6.59. The van der Waals surface area contributed by atoms with Crippen molar-refractivity contribution in [1.29, 1.82) is 0 Å². The average molecular weight is 286 g/mol. The first kappa shape index (κ1) is 14.7. The fraction of sp³-hybridized carbons (Fsp3) is 0.188. The molecule has 1 amide bonds. The number of benzene rings is 2. The highest BCUT2D eigenvalue weighted by atomic mass is 16.5. The van der Waals surface area contributed by atoms with Gasteiger partial charge in [0.25, 0.3) is 0 Å². The van der Waals surface area contributed by atoms with Gasteiger partial charge in [0, 0.05) is 16.9 Å². The molecule has 0 radical (unpaired) electrons. The van der Waals surface area contributed by atoms with Gasteiger partial charge in [-0.2, -0.15) is 0 Å². The Morgan fingerprint density at radius 3 is 2.57 bits per heavy atom. The lowest BCUT2D eigenvalue weighted by Gasteiger charge is -2.17. The predicted octanol–water partition coefficient (Wildman–Crippen LogP) is 3.74. The maximum Gasteiger partial charge on any atom is 0.411 e. The van der Waals surface area contributed by atoms with Crippen molar-refractivity contribution in [2.45, 2.75) is 13.0 Å². The first-order chi connectivity index (χ1) is 10.1. The molecule has 0 aromatic heterocycles. The summed E-state index contributed by atoms with van der Waals surface area (Å²) < 4.78 is 4.56. The molecule has 2 aromatic rings. The number of hydrogen-bond donors (Lipinski definition) is 3. The molecular weight excluding hydrogens is 268 g/mol. The molecule has 0 heterocycles. The van der Waals surface area contributed by atoms with Crippen molar-refractivity contribution in [1.82, 2.24) is 0 Å². The topological polar surface area (TPSA) is 70.6 Å². The smallest absolute Gasteiger partial charge is 0.411 e. The highest BCUT2D eigenvalue weighted by Gasteiger charge is 2.10. The molecule has 110 valence electrons. The van der Waals surface area contributed by atoms with E-state index in [-0.39, 0.29) is 11.8 Å². The van der Waals surface area contributed by atoms with Crippen LogP contribution in [0, 0.1) is 0 Å². The van der Waals surface area contributed by atoms with Crippen molar-refractivity contribution in [2.24, 2.45) is 0 Å². The van der Waals surface area contributed by atoms with Gasteiger partial charge in [0.1, 0.15) is 5.75 Å². The number of phenols is 1. The first-order valence-corrected chi connectivity index (χ1v) is 6.59. The number of aromatic hydroxyl groups is 1. The van der Waals surface area contributed by atoms with Crippen LogP contribution < -0.4 is 10.6 Å². The number of hydrogen-bond acceptors (Lipinski definition) is 4. The molecule has 0 spiro atoms. The van der Waals surface area contributed by atoms with Crippen LogP contribution in [0.4, 0.5) is 16.2 Å². The van der Waals surface area contributed by atoms with E-state index in [9.17, 15) is 9.90 Å². The van der Waals surface area contributed by atoms with Crippen molar-refractivity contribution in [3.63, 3.8) is 0 Å². The lowest BCUT2D eigenvalue weighted by Crippen LogP contribution is -2.11. The third-order valence-electron chi connectivity index (χ3n) is 3.08. The van der Waals surface area contributed by atoms with Gasteiger partial charge in [-0.1, -0.05) is 24.3 Å². The van der Waals surface area contributed by atoms with Crippen molar-refractivity contribution < 1.29 is 14.6 Å². The molecule has 0 bridgehead atoms. The molecule has 5 heteroatoms. The second-order valence-corrected chi connectivity index (χ2v) is 4.62. The average Bonchev–Trinajstić information content (AvgIpc) is 2.47. The van der Waals surface area contributed by atoms with Crippen molar-refractivity contribution in [2.75, 3.05) is 17.7 Å². The standard InChI is InChI=1S/C16H18N2O3/c1-11(14-8-3-4-9-15(14)19)17-12-6-5-7-13(10-12)18-16(20)21-2/h3-11,17,19H,1-2H3,(H,18,20). The van der Waals surface area contributed by atoms with Gasteiger partial charge in [0.15, 0.2) is 0 Å². The van der Waals surface area contributed by atoms with E-state index in [2.05, 4.69) is 15.4 Å². The minimum atomic E-state index is -0.513. The van der Waals surface area contributed by atoms with Crippen LogP contribution >= 0.6 is 0 Å². The maximum absolute atomic E-state index is 11.2. The Labute approximate surface area is 123 Å². The molecule has 0 aliphatic heterocycles. The molecule has 2 aromatic carbocycles. The minimum absolute atomic E-state index is 0.0698. The third-order valence-corrected chi connectivity index (χ3v) is 3.08. The van der Waals surface area contributed by atoms with Crippen molar-refractivity contribution in [3.8, 4) is 5.75 Å². The van der Waals surface area contributed by atoms with E-state index < -0.39 is 6.09 Å². The van der Waals surface area contributed by atoms with Crippen molar-refractivity contribution >= 4 is 17.5 Å². The summed E-state index contributed by atoms with van der Waals surface area (Å²) in [6, 6.07) is 14.4. The van der Waals surface area contributed by atoms with Gasteiger partial charge < -0.3 is 15.2 Å². The molecule has 3 N–H and O–H groups in total. The monoisotopic (exact) mass is 286 g/mol. The van der Waals surface area contributed by atoms with E-state index in [1.807, 2.05) is 31.2 Å². The fourth-order valence-corrected chi connectivity index (χ4v) is 2.04. The van der Waals surface area contributed by atoms with Gasteiger partial charge in [-0.15, -0.1) is 0 Å². The van der Waals surface area contributed by atoms with Gasteiger partial charge in [0.05, 0.1) is 13.2 Å². The summed E-state index contributed by atoms with van der Waals surface area (Å²) in [6.45, 7) is 1.95. The summed E-state index contributed by atoms with van der Waals surface area (Å²) in [5, 5.41) is 15.7. The molecule has 0 fully saturated rings. The number of amides is 1. The highest BCUT2D eigenvalue weighted by molar-refractivity contribution is 5.85. The number of carbonyl (C=O) groups is 1. The Morgan fingerprint density at radius 2 is 1.86 bits per heavy atom.